The smallest absolute Gasteiger partial charge is 0.0950 e. The summed E-state index contributed by atoms with van der Waals surface area (Å²) >= 11 is 0. The molecule has 0 saturated heterocycles. The first-order chi connectivity index (χ1) is 8.83. The lowest BCUT2D eigenvalue weighted by Gasteiger charge is -2.37. The quantitative estimate of drug-likeness (QED) is 0.767. The molecule has 1 aliphatic rings. The summed E-state index contributed by atoms with van der Waals surface area (Å²) in [5.41, 5.74) is 1.28. The standard InChI is InChI=1S/C15H25NO2/c1-3-6-16-15(13-5-7-17-11-13)10-12-8-14(9-12)18-4-2/h5,7,11-12,14-16H,3-4,6,8-10H2,1-2H3. The maximum atomic E-state index is 5.62. The second-order valence-corrected chi connectivity index (χ2v) is 5.21. The van der Waals surface area contributed by atoms with Gasteiger partial charge in [0.15, 0.2) is 0 Å². The molecule has 1 saturated carbocycles. The minimum atomic E-state index is 0.441. The molecule has 1 heterocycles. The predicted octanol–water partition coefficient (Wildman–Crippen LogP) is 3.53. The van der Waals surface area contributed by atoms with Crippen molar-refractivity contribution in [1.82, 2.24) is 5.32 Å². The molecular formula is C15H25NO2. The summed E-state index contributed by atoms with van der Waals surface area (Å²) in [6.45, 7) is 6.19. The van der Waals surface area contributed by atoms with Gasteiger partial charge in [-0.3, -0.25) is 0 Å². The molecule has 1 N–H and O–H groups in total. The molecule has 1 aromatic rings. The lowest BCUT2D eigenvalue weighted by atomic mass is 9.77. The maximum absolute atomic E-state index is 5.62. The molecule has 0 aliphatic heterocycles. The minimum Gasteiger partial charge on any atom is -0.472 e. The highest BCUT2D eigenvalue weighted by Crippen LogP contribution is 2.37. The highest BCUT2D eigenvalue weighted by molar-refractivity contribution is 5.12. The normalized spacial score (nSPS) is 24.8. The number of nitrogens with one attached hydrogen (secondary N) is 1. The molecule has 2 rings (SSSR count). The first-order valence-corrected chi connectivity index (χ1v) is 7.20. The van der Waals surface area contributed by atoms with Gasteiger partial charge in [0.2, 0.25) is 0 Å². The van der Waals surface area contributed by atoms with E-state index in [2.05, 4.69) is 25.2 Å². The van der Waals surface area contributed by atoms with Crippen LogP contribution >= 0.6 is 0 Å². The Morgan fingerprint density at radius 3 is 2.89 bits per heavy atom. The second-order valence-electron chi connectivity index (χ2n) is 5.21. The van der Waals surface area contributed by atoms with E-state index >= 15 is 0 Å². The van der Waals surface area contributed by atoms with Crippen LogP contribution in [0.1, 0.15) is 51.1 Å². The lowest BCUT2D eigenvalue weighted by molar-refractivity contribution is -0.0291. The predicted molar refractivity (Wildman–Crippen MR) is 72.5 cm³/mol. The molecule has 0 amide bonds. The van der Waals surface area contributed by atoms with Gasteiger partial charge >= 0.3 is 0 Å². The highest BCUT2D eigenvalue weighted by Gasteiger charge is 2.31. The van der Waals surface area contributed by atoms with E-state index in [-0.39, 0.29) is 0 Å². The molecule has 0 aromatic carbocycles. The fraction of sp³-hybridized carbons (Fsp3) is 0.733. The van der Waals surface area contributed by atoms with Gasteiger partial charge in [-0.15, -0.1) is 0 Å². The molecule has 18 heavy (non-hydrogen) atoms. The summed E-state index contributed by atoms with van der Waals surface area (Å²) in [6, 6.07) is 2.52. The Morgan fingerprint density at radius 1 is 1.44 bits per heavy atom. The Balaban J connectivity index is 1.80. The van der Waals surface area contributed by atoms with Gasteiger partial charge in [-0.1, -0.05) is 6.92 Å². The number of hydrogen-bond acceptors (Lipinski definition) is 3. The highest BCUT2D eigenvalue weighted by atomic mass is 16.5. The summed E-state index contributed by atoms with van der Waals surface area (Å²) in [7, 11) is 0. The Morgan fingerprint density at radius 2 is 2.28 bits per heavy atom. The van der Waals surface area contributed by atoms with Crippen LogP contribution in [-0.2, 0) is 4.74 Å². The van der Waals surface area contributed by atoms with E-state index in [1.54, 1.807) is 6.26 Å². The van der Waals surface area contributed by atoms with Crippen LogP contribution in [0, 0.1) is 5.92 Å². The van der Waals surface area contributed by atoms with Gasteiger partial charge in [-0.05, 0) is 51.1 Å². The zero-order valence-corrected chi connectivity index (χ0v) is 11.5. The van der Waals surface area contributed by atoms with Crippen molar-refractivity contribution < 1.29 is 9.15 Å². The zero-order chi connectivity index (χ0) is 12.8. The molecule has 102 valence electrons. The van der Waals surface area contributed by atoms with Crippen LogP contribution < -0.4 is 5.32 Å². The van der Waals surface area contributed by atoms with Crippen LogP contribution in [0.2, 0.25) is 0 Å². The summed E-state index contributed by atoms with van der Waals surface area (Å²) < 4.78 is 10.8. The van der Waals surface area contributed by atoms with E-state index in [4.69, 9.17) is 9.15 Å². The number of ether oxygens (including phenoxy) is 1. The molecule has 3 nitrogen and oxygen atoms in total. The third-order valence-corrected chi connectivity index (χ3v) is 3.75. The van der Waals surface area contributed by atoms with Crippen molar-refractivity contribution >= 4 is 0 Å². The van der Waals surface area contributed by atoms with Gasteiger partial charge in [0.05, 0.1) is 18.6 Å². The molecular weight excluding hydrogens is 226 g/mol. The van der Waals surface area contributed by atoms with Crippen LogP contribution in [0.15, 0.2) is 23.0 Å². The molecule has 1 aromatic heterocycles. The van der Waals surface area contributed by atoms with Crippen LogP contribution in [0.3, 0.4) is 0 Å². The van der Waals surface area contributed by atoms with E-state index < -0.39 is 0 Å². The summed E-state index contributed by atoms with van der Waals surface area (Å²) in [6.07, 6.45) is 8.94. The Hall–Kier alpha value is -0.800. The maximum Gasteiger partial charge on any atom is 0.0950 e. The number of rotatable bonds is 8. The van der Waals surface area contributed by atoms with Gasteiger partial charge in [-0.25, -0.2) is 0 Å². The van der Waals surface area contributed by atoms with Crippen molar-refractivity contribution in [2.24, 2.45) is 5.92 Å². The fourth-order valence-electron chi connectivity index (χ4n) is 2.70. The van der Waals surface area contributed by atoms with Gasteiger partial charge in [0, 0.05) is 18.2 Å². The first-order valence-electron chi connectivity index (χ1n) is 7.20. The topological polar surface area (TPSA) is 34.4 Å². The Kier molecular flexibility index (Phi) is 5.26. The monoisotopic (exact) mass is 251 g/mol. The van der Waals surface area contributed by atoms with E-state index in [0.717, 1.165) is 19.1 Å². The van der Waals surface area contributed by atoms with Crippen molar-refractivity contribution in [3.63, 3.8) is 0 Å². The second kappa shape index (κ2) is 6.95. The third-order valence-electron chi connectivity index (χ3n) is 3.75. The zero-order valence-electron chi connectivity index (χ0n) is 11.5. The van der Waals surface area contributed by atoms with Gasteiger partial charge in [-0.2, -0.15) is 0 Å². The molecule has 1 unspecified atom stereocenters. The molecule has 0 bridgehead atoms. The summed E-state index contributed by atoms with van der Waals surface area (Å²) in [4.78, 5) is 0. The van der Waals surface area contributed by atoms with Crippen LogP contribution in [-0.4, -0.2) is 19.3 Å². The van der Waals surface area contributed by atoms with Gasteiger partial charge in [0.1, 0.15) is 0 Å². The van der Waals surface area contributed by atoms with Crippen LogP contribution in [0.4, 0.5) is 0 Å². The van der Waals surface area contributed by atoms with Gasteiger partial charge < -0.3 is 14.5 Å². The molecule has 1 aliphatic carbocycles. The summed E-state index contributed by atoms with van der Waals surface area (Å²) in [5.74, 6) is 0.797. The average molecular weight is 251 g/mol. The minimum absolute atomic E-state index is 0.441. The number of furan rings is 1. The average Bonchev–Trinajstić information content (AvgIpc) is 2.84. The SMILES string of the molecule is CCCNC(CC1CC(OCC)C1)c1ccoc1. The van der Waals surface area contributed by atoms with Crippen LogP contribution in [0.5, 0.6) is 0 Å². The largest absolute Gasteiger partial charge is 0.472 e. The van der Waals surface area contributed by atoms with Crippen molar-refractivity contribution in [2.75, 3.05) is 13.2 Å². The fourth-order valence-corrected chi connectivity index (χ4v) is 2.70. The van der Waals surface area contributed by atoms with Crippen LogP contribution in [0.25, 0.3) is 0 Å². The van der Waals surface area contributed by atoms with E-state index in [0.29, 0.717) is 12.1 Å². The molecule has 1 fully saturated rings. The van der Waals surface area contributed by atoms with Crippen molar-refractivity contribution in [3.05, 3.63) is 24.2 Å². The van der Waals surface area contributed by atoms with E-state index in [9.17, 15) is 0 Å². The molecule has 3 heteroatoms. The lowest BCUT2D eigenvalue weighted by Crippen LogP contribution is -2.34. The first kappa shape index (κ1) is 13.6. The van der Waals surface area contributed by atoms with E-state index in [1.165, 1.54) is 31.2 Å². The number of hydrogen-bond donors (Lipinski definition) is 1. The van der Waals surface area contributed by atoms with Gasteiger partial charge in [0.25, 0.3) is 0 Å². The van der Waals surface area contributed by atoms with Crippen molar-refractivity contribution in [1.29, 1.82) is 0 Å². The Bertz CT molecular complexity index is 317. The molecule has 1 atom stereocenters. The van der Waals surface area contributed by atoms with Crippen molar-refractivity contribution in [3.8, 4) is 0 Å². The summed E-state index contributed by atoms with van der Waals surface area (Å²) in [5, 5.41) is 3.62. The molecule has 0 spiro atoms. The Labute approximate surface area is 110 Å². The third kappa shape index (κ3) is 3.59. The van der Waals surface area contributed by atoms with Crippen molar-refractivity contribution in [2.45, 2.75) is 51.7 Å². The molecule has 0 radical (unpaired) electrons. The van der Waals surface area contributed by atoms with E-state index in [1.807, 2.05) is 6.26 Å².